The van der Waals surface area contributed by atoms with Gasteiger partial charge in [0.1, 0.15) is 5.75 Å². The molecule has 0 aliphatic carbocycles. The van der Waals surface area contributed by atoms with E-state index in [9.17, 15) is 4.79 Å². The van der Waals surface area contributed by atoms with Gasteiger partial charge in [-0.2, -0.15) is 0 Å². The SMILES string of the molecule is COC(=O)CCc1scc2c1OCC2. The van der Waals surface area contributed by atoms with Crippen molar-refractivity contribution in [1.29, 1.82) is 0 Å². The van der Waals surface area contributed by atoms with Crippen LogP contribution in [-0.4, -0.2) is 19.7 Å². The number of ether oxygens (including phenoxy) is 2. The van der Waals surface area contributed by atoms with Gasteiger partial charge in [0.2, 0.25) is 0 Å². The summed E-state index contributed by atoms with van der Waals surface area (Å²) in [6.07, 6.45) is 2.17. The van der Waals surface area contributed by atoms with Gasteiger partial charge in [0.05, 0.1) is 20.1 Å². The lowest BCUT2D eigenvalue weighted by molar-refractivity contribution is -0.140. The molecule has 1 aromatic heterocycles. The molecule has 0 amide bonds. The van der Waals surface area contributed by atoms with Gasteiger partial charge in [0.15, 0.2) is 0 Å². The summed E-state index contributed by atoms with van der Waals surface area (Å²) in [7, 11) is 1.41. The molecular formula is C10H12O3S. The number of thiophene rings is 1. The van der Waals surface area contributed by atoms with Crippen LogP contribution in [0.5, 0.6) is 5.75 Å². The van der Waals surface area contributed by atoms with Gasteiger partial charge in [0.25, 0.3) is 0 Å². The van der Waals surface area contributed by atoms with E-state index in [1.807, 2.05) is 0 Å². The van der Waals surface area contributed by atoms with Crippen LogP contribution < -0.4 is 4.74 Å². The van der Waals surface area contributed by atoms with Crippen molar-refractivity contribution in [3.8, 4) is 5.75 Å². The van der Waals surface area contributed by atoms with E-state index in [2.05, 4.69) is 10.1 Å². The average molecular weight is 212 g/mol. The third kappa shape index (κ3) is 1.75. The molecule has 2 heterocycles. The Morgan fingerprint density at radius 1 is 1.71 bits per heavy atom. The van der Waals surface area contributed by atoms with E-state index in [1.54, 1.807) is 11.3 Å². The highest BCUT2D eigenvalue weighted by Gasteiger charge is 2.18. The minimum absolute atomic E-state index is 0.162. The Morgan fingerprint density at radius 3 is 3.36 bits per heavy atom. The van der Waals surface area contributed by atoms with Crippen LogP contribution in [-0.2, 0) is 22.4 Å². The Bertz CT molecular complexity index is 343. The molecule has 76 valence electrons. The quantitative estimate of drug-likeness (QED) is 0.716. The number of hydrogen-bond acceptors (Lipinski definition) is 4. The van der Waals surface area contributed by atoms with Gasteiger partial charge in [-0.15, -0.1) is 11.3 Å². The summed E-state index contributed by atoms with van der Waals surface area (Å²) in [6, 6.07) is 0. The van der Waals surface area contributed by atoms with E-state index in [-0.39, 0.29) is 5.97 Å². The third-order valence-corrected chi connectivity index (χ3v) is 3.37. The van der Waals surface area contributed by atoms with E-state index in [0.717, 1.165) is 25.2 Å². The number of carbonyl (C=O) groups is 1. The number of rotatable bonds is 3. The van der Waals surface area contributed by atoms with Crippen LogP contribution in [0, 0.1) is 0 Å². The fourth-order valence-corrected chi connectivity index (χ4v) is 2.55. The van der Waals surface area contributed by atoms with Crippen molar-refractivity contribution >= 4 is 17.3 Å². The smallest absolute Gasteiger partial charge is 0.305 e. The monoisotopic (exact) mass is 212 g/mol. The summed E-state index contributed by atoms with van der Waals surface area (Å²) in [4.78, 5) is 12.1. The first kappa shape index (κ1) is 9.52. The summed E-state index contributed by atoms with van der Waals surface area (Å²) < 4.78 is 10.1. The molecule has 1 aliphatic heterocycles. The first-order valence-corrected chi connectivity index (χ1v) is 5.48. The molecule has 1 aliphatic rings. The number of fused-ring (bicyclic) bond motifs is 1. The summed E-state index contributed by atoms with van der Waals surface area (Å²) >= 11 is 1.67. The van der Waals surface area contributed by atoms with Gasteiger partial charge >= 0.3 is 5.97 Å². The Morgan fingerprint density at radius 2 is 2.57 bits per heavy atom. The van der Waals surface area contributed by atoms with Gasteiger partial charge in [0, 0.05) is 16.9 Å². The van der Waals surface area contributed by atoms with Crippen LogP contribution >= 0.6 is 11.3 Å². The molecule has 0 bridgehead atoms. The van der Waals surface area contributed by atoms with Crippen LogP contribution in [0.4, 0.5) is 0 Å². The number of aryl methyl sites for hydroxylation is 1. The zero-order valence-electron chi connectivity index (χ0n) is 8.04. The second-order valence-electron chi connectivity index (χ2n) is 3.19. The van der Waals surface area contributed by atoms with Crippen molar-refractivity contribution in [3.05, 3.63) is 15.8 Å². The van der Waals surface area contributed by atoms with Gasteiger partial charge in [-0.3, -0.25) is 4.79 Å². The lowest BCUT2D eigenvalue weighted by Crippen LogP contribution is -2.01. The molecule has 14 heavy (non-hydrogen) atoms. The van der Waals surface area contributed by atoms with Crippen LogP contribution in [0.2, 0.25) is 0 Å². The summed E-state index contributed by atoms with van der Waals surface area (Å²) in [5, 5.41) is 2.12. The molecule has 4 heteroatoms. The first-order valence-electron chi connectivity index (χ1n) is 4.60. The third-order valence-electron chi connectivity index (χ3n) is 2.29. The number of carbonyl (C=O) groups excluding carboxylic acids is 1. The second-order valence-corrected chi connectivity index (χ2v) is 4.15. The van der Waals surface area contributed by atoms with Crippen molar-refractivity contribution in [2.24, 2.45) is 0 Å². The largest absolute Gasteiger partial charge is 0.492 e. The summed E-state index contributed by atoms with van der Waals surface area (Å²) in [5.41, 5.74) is 1.29. The zero-order chi connectivity index (χ0) is 9.97. The topological polar surface area (TPSA) is 35.5 Å². The van der Waals surface area contributed by atoms with Crippen molar-refractivity contribution in [2.45, 2.75) is 19.3 Å². The molecule has 0 spiro atoms. The standard InChI is InChI=1S/C10H12O3S/c1-12-9(11)3-2-8-10-7(6-14-8)4-5-13-10/h6H,2-5H2,1H3. The highest BCUT2D eigenvalue weighted by atomic mass is 32.1. The minimum atomic E-state index is -0.162. The minimum Gasteiger partial charge on any atom is -0.492 e. The zero-order valence-corrected chi connectivity index (χ0v) is 8.86. The van der Waals surface area contributed by atoms with Gasteiger partial charge in [-0.1, -0.05) is 0 Å². The van der Waals surface area contributed by atoms with Gasteiger partial charge < -0.3 is 9.47 Å². The van der Waals surface area contributed by atoms with Crippen LogP contribution in [0.25, 0.3) is 0 Å². The molecule has 3 nitrogen and oxygen atoms in total. The normalized spacial score (nSPS) is 13.5. The number of esters is 1. The maximum absolute atomic E-state index is 10.9. The lowest BCUT2D eigenvalue weighted by Gasteiger charge is -2.00. The Hall–Kier alpha value is -1.03. The van der Waals surface area contributed by atoms with Crippen molar-refractivity contribution in [2.75, 3.05) is 13.7 Å². The number of hydrogen-bond donors (Lipinski definition) is 0. The highest BCUT2D eigenvalue weighted by Crippen LogP contribution is 2.35. The van der Waals surface area contributed by atoms with Crippen LogP contribution in [0.3, 0.4) is 0 Å². The maximum atomic E-state index is 10.9. The van der Waals surface area contributed by atoms with Gasteiger partial charge in [-0.25, -0.2) is 0 Å². The molecule has 0 aromatic carbocycles. The Kier molecular flexibility index (Phi) is 2.72. The van der Waals surface area contributed by atoms with E-state index >= 15 is 0 Å². The Balaban J connectivity index is 2.00. The van der Waals surface area contributed by atoms with E-state index in [4.69, 9.17) is 4.74 Å². The molecule has 0 saturated carbocycles. The van der Waals surface area contributed by atoms with E-state index in [1.165, 1.54) is 17.6 Å². The first-order chi connectivity index (χ1) is 6.81. The molecule has 0 radical (unpaired) electrons. The molecular weight excluding hydrogens is 200 g/mol. The average Bonchev–Trinajstić information content (AvgIpc) is 2.76. The van der Waals surface area contributed by atoms with Crippen molar-refractivity contribution < 1.29 is 14.3 Å². The molecule has 2 rings (SSSR count). The molecule has 0 atom stereocenters. The molecule has 0 saturated heterocycles. The molecule has 0 fully saturated rings. The summed E-state index contributed by atoms with van der Waals surface area (Å²) in [6.45, 7) is 0.781. The lowest BCUT2D eigenvalue weighted by atomic mass is 10.2. The molecule has 0 unspecified atom stereocenters. The van der Waals surface area contributed by atoms with Crippen LogP contribution in [0.1, 0.15) is 16.9 Å². The number of methoxy groups -OCH3 is 1. The Labute approximate surface area is 86.6 Å². The fourth-order valence-electron chi connectivity index (χ4n) is 1.53. The van der Waals surface area contributed by atoms with Crippen molar-refractivity contribution in [1.82, 2.24) is 0 Å². The second kappa shape index (κ2) is 4.00. The maximum Gasteiger partial charge on any atom is 0.305 e. The summed E-state index contributed by atoms with van der Waals surface area (Å²) in [5.74, 6) is 0.851. The predicted molar refractivity (Wildman–Crippen MR) is 53.9 cm³/mol. The highest BCUT2D eigenvalue weighted by molar-refractivity contribution is 7.10. The molecule has 1 aromatic rings. The predicted octanol–water partition coefficient (Wildman–Crippen LogP) is 1.79. The van der Waals surface area contributed by atoms with Crippen LogP contribution in [0.15, 0.2) is 5.38 Å². The van der Waals surface area contributed by atoms with E-state index in [0.29, 0.717) is 6.42 Å². The molecule has 0 N–H and O–H groups in total. The van der Waals surface area contributed by atoms with Crippen molar-refractivity contribution in [3.63, 3.8) is 0 Å². The van der Waals surface area contributed by atoms with Gasteiger partial charge in [-0.05, 0) is 11.8 Å². The fraction of sp³-hybridized carbons (Fsp3) is 0.500. The van der Waals surface area contributed by atoms with E-state index < -0.39 is 0 Å².